The smallest absolute Gasteiger partial charge is 0.128 e. The number of hydrogen-bond donors (Lipinski definition) is 1. The van der Waals surface area contributed by atoms with Gasteiger partial charge < -0.3 is 19.4 Å². The van der Waals surface area contributed by atoms with E-state index in [0.29, 0.717) is 35.3 Å². The molecule has 0 saturated heterocycles. The van der Waals surface area contributed by atoms with E-state index in [0.717, 1.165) is 5.75 Å². The maximum absolute atomic E-state index is 8.64. The Morgan fingerprint density at radius 1 is 1.09 bits per heavy atom. The fraction of sp³-hybridized carbons (Fsp3) is 0.188. The van der Waals surface area contributed by atoms with Gasteiger partial charge >= 0.3 is 0 Å². The van der Waals surface area contributed by atoms with E-state index in [2.05, 4.69) is 5.16 Å². The van der Waals surface area contributed by atoms with Crippen molar-refractivity contribution in [3.05, 3.63) is 53.1 Å². The monoisotopic (exact) mass is 321 g/mol. The molecule has 116 valence electrons. The molecule has 0 heterocycles. The van der Waals surface area contributed by atoms with Crippen molar-refractivity contribution < 1.29 is 19.4 Å². The summed E-state index contributed by atoms with van der Waals surface area (Å²) in [5.74, 6) is 2.00. The minimum atomic E-state index is 0.338. The number of hydrogen-bond acceptors (Lipinski definition) is 5. The zero-order chi connectivity index (χ0) is 15.8. The largest absolute Gasteiger partial charge is 0.497 e. The van der Waals surface area contributed by atoms with Crippen LogP contribution in [0.2, 0.25) is 5.02 Å². The molecule has 0 aliphatic heterocycles. The number of ether oxygens (including phenoxy) is 3. The van der Waals surface area contributed by atoms with Crippen molar-refractivity contribution in [1.82, 2.24) is 0 Å². The van der Waals surface area contributed by atoms with Crippen LogP contribution in [0.15, 0.2) is 47.6 Å². The lowest BCUT2D eigenvalue weighted by Crippen LogP contribution is -2.10. The summed E-state index contributed by atoms with van der Waals surface area (Å²) in [6, 6.07) is 12.4. The van der Waals surface area contributed by atoms with Crippen molar-refractivity contribution in [3.63, 3.8) is 0 Å². The van der Waals surface area contributed by atoms with Gasteiger partial charge in [0.15, 0.2) is 0 Å². The lowest BCUT2D eigenvalue weighted by molar-refractivity contribution is 0.216. The molecule has 0 saturated carbocycles. The lowest BCUT2D eigenvalue weighted by atomic mass is 10.2. The average Bonchev–Trinajstić information content (AvgIpc) is 2.54. The first-order valence-corrected chi connectivity index (χ1v) is 6.97. The average molecular weight is 322 g/mol. The first-order valence-electron chi connectivity index (χ1n) is 6.59. The summed E-state index contributed by atoms with van der Waals surface area (Å²) >= 11 is 5.89. The molecule has 0 amide bonds. The molecule has 0 unspecified atom stereocenters. The van der Waals surface area contributed by atoms with E-state index in [1.165, 1.54) is 6.21 Å². The van der Waals surface area contributed by atoms with E-state index < -0.39 is 0 Å². The molecular formula is C16H16ClNO4. The number of rotatable bonds is 7. The molecule has 2 aromatic rings. The highest BCUT2D eigenvalue weighted by Gasteiger charge is 2.04. The highest BCUT2D eigenvalue weighted by Crippen LogP contribution is 2.22. The Bertz CT molecular complexity index is 646. The quantitative estimate of drug-likeness (QED) is 0.366. The maximum Gasteiger partial charge on any atom is 0.128 e. The molecular weight excluding hydrogens is 306 g/mol. The number of oxime groups is 1. The van der Waals surface area contributed by atoms with Crippen LogP contribution in [0.1, 0.15) is 5.56 Å². The molecule has 0 aliphatic rings. The van der Waals surface area contributed by atoms with Gasteiger partial charge in [0, 0.05) is 16.7 Å². The van der Waals surface area contributed by atoms with Crippen LogP contribution in [0.25, 0.3) is 0 Å². The third kappa shape index (κ3) is 4.56. The van der Waals surface area contributed by atoms with Crippen LogP contribution in [-0.4, -0.2) is 31.7 Å². The molecule has 5 nitrogen and oxygen atoms in total. The van der Waals surface area contributed by atoms with Crippen LogP contribution in [0.3, 0.4) is 0 Å². The predicted molar refractivity (Wildman–Crippen MR) is 84.8 cm³/mol. The predicted octanol–water partition coefficient (Wildman–Crippen LogP) is 3.61. The second kappa shape index (κ2) is 8.14. The highest BCUT2D eigenvalue weighted by atomic mass is 35.5. The van der Waals surface area contributed by atoms with Gasteiger partial charge in [-0.3, -0.25) is 0 Å². The van der Waals surface area contributed by atoms with E-state index >= 15 is 0 Å². The van der Waals surface area contributed by atoms with Crippen LogP contribution >= 0.6 is 11.6 Å². The van der Waals surface area contributed by atoms with Crippen molar-refractivity contribution in [2.45, 2.75) is 0 Å². The minimum Gasteiger partial charge on any atom is -0.497 e. The van der Waals surface area contributed by atoms with E-state index in [1.54, 1.807) is 31.4 Å². The summed E-state index contributed by atoms with van der Waals surface area (Å²) in [5, 5.41) is 12.2. The van der Waals surface area contributed by atoms with Gasteiger partial charge in [-0.2, -0.15) is 0 Å². The molecule has 6 heteroatoms. The van der Waals surface area contributed by atoms with Gasteiger partial charge in [-0.05, 0) is 30.3 Å². The molecule has 22 heavy (non-hydrogen) atoms. The summed E-state index contributed by atoms with van der Waals surface area (Å²) < 4.78 is 16.3. The molecule has 0 aromatic heterocycles. The summed E-state index contributed by atoms with van der Waals surface area (Å²) in [6.07, 6.45) is 1.27. The van der Waals surface area contributed by atoms with Crippen LogP contribution in [0.5, 0.6) is 17.2 Å². The van der Waals surface area contributed by atoms with Gasteiger partial charge in [0.25, 0.3) is 0 Å². The summed E-state index contributed by atoms with van der Waals surface area (Å²) in [5.41, 5.74) is 0.594. The number of halogens is 1. The molecule has 2 aromatic carbocycles. The standard InChI is InChI=1S/C16H16ClNO4/c1-20-14-3-2-4-15(10-14)21-7-8-22-16-6-5-13(17)9-12(16)11-18-19/h2-6,9-11,19H,7-8H2,1H3/b18-11+. The molecule has 0 bridgehead atoms. The van der Waals surface area contributed by atoms with Crippen LogP contribution in [-0.2, 0) is 0 Å². The second-order valence-electron chi connectivity index (χ2n) is 4.30. The van der Waals surface area contributed by atoms with Crippen molar-refractivity contribution in [2.75, 3.05) is 20.3 Å². The Labute approximate surface area is 133 Å². The number of benzene rings is 2. The molecule has 0 radical (unpaired) electrons. The lowest BCUT2D eigenvalue weighted by Gasteiger charge is -2.11. The number of nitrogens with zero attached hydrogens (tertiary/aromatic N) is 1. The second-order valence-corrected chi connectivity index (χ2v) is 4.74. The summed E-state index contributed by atoms with van der Waals surface area (Å²) in [4.78, 5) is 0. The molecule has 0 fully saturated rings. The summed E-state index contributed by atoms with van der Waals surface area (Å²) in [6.45, 7) is 0.705. The van der Waals surface area contributed by atoms with Crippen LogP contribution in [0.4, 0.5) is 0 Å². The zero-order valence-corrected chi connectivity index (χ0v) is 12.8. The van der Waals surface area contributed by atoms with Gasteiger partial charge in [0.05, 0.1) is 13.3 Å². The Kier molecular flexibility index (Phi) is 5.91. The van der Waals surface area contributed by atoms with Gasteiger partial charge in [0.2, 0.25) is 0 Å². The highest BCUT2D eigenvalue weighted by molar-refractivity contribution is 6.30. The van der Waals surface area contributed by atoms with Crippen molar-refractivity contribution in [3.8, 4) is 17.2 Å². The Balaban J connectivity index is 1.88. The molecule has 0 atom stereocenters. The molecule has 2 rings (SSSR count). The van der Waals surface area contributed by atoms with Crippen LogP contribution in [0, 0.1) is 0 Å². The third-order valence-electron chi connectivity index (χ3n) is 2.82. The van der Waals surface area contributed by atoms with Gasteiger partial charge in [0.1, 0.15) is 30.5 Å². The first-order chi connectivity index (χ1) is 10.7. The molecule has 0 spiro atoms. The molecule has 0 aliphatic carbocycles. The summed E-state index contributed by atoms with van der Waals surface area (Å²) in [7, 11) is 1.60. The minimum absolute atomic E-state index is 0.338. The van der Waals surface area contributed by atoms with E-state index in [9.17, 15) is 0 Å². The Hall–Kier alpha value is -2.40. The van der Waals surface area contributed by atoms with Gasteiger partial charge in [-0.15, -0.1) is 0 Å². The van der Waals surface area contributed by atoms with E-state index in [-0.39, 0.29) is 0 Å². The van der Waals surface area contributed by atoms with E-state index in [4.69, 9.17) is 31.0 Å². The maximum atomic E-state index is 8.64. The Morgan fingerprint density at radius 2 is 1.86 bits per heavy atom. The first kappa shape index (κ1) is 16.0. The third-order valence-corrected chi connectivity index (χ3v) is 3.05. The van der Waals surface area contributed by atoms with Gasteiger partial charge in [-0.1, -0.05) is 22.8 Å². The van der Waals surface area contributed by atoms with Crippen LogP contribution < -0.4 is 14.2 Å². The fourth-order valence-electron chi connectivity index (χ4n) is 1.82. The van der Waals surface area contributed by atoms with Crippen molar-refractivity contribution in [2.24, 2.45) is 5.16 Å². The fourth-order valence-corrected chi connectivity index (χ4v) is 2.00. The SMILES string of the molecule is COc1cccc(OCCOc2ccc(Cl)cc2/C=N/O)c1. The van der Waals surface area contributed by atoms with Gasteiger partial charge in [-0.25, -0.2) is 0 Å². The van der Waals surface area contributed by atoms with Crippen molar-refractivity contribution >= 4 is 17.8 Å². The Morgan fingerprint density at radius 3 is 2.64 bits per heavy atom. The molecule has 1 N–H and O–H groups in total. The normalized spacial score (nSPS) is 10.6. The van der Waals surface area contributed by atoms with Crippen molar-refractivity contribution in [1.29, 1.82) is 0 Å². The zero-order valence-electron chi connectivity index (χ0n) is 12.0. The number of methoxy groups -OCH3 is 1. The van der Waals surface area contributed by atoms with E-state index in [1.807, 2.05) is 18.2 Å². The topological polar surface area (TPSA) is 60.3 Å².